The number of halogens is 4. The van der Waals surface area contributed by atoms with E-state index in [2.05, 4.69) is 138 Å². The Balaban J connectivity index is 0.000000163. The number of nitrogens with zero attached hydrogens (tertiary/aromatic N) is 16. The Morgan fingerprint density at radius 3 is 1.51 bits per heavy atom. The molecule has 0 bridgehead atoms. The summed E-state index contributed by atoms with van der Waals surface area (Å²) >= 11 is 0. The third-order valence-electron chi connectivity index (χ3n) is 21.4. The summed E-state index contributed by atoms with van der Waals surface area (Å²) in [5.74, 6) is -1.74. The fourth-order valence-corrected chi connectivity index (χ4v) is 15.5. The van der Waals surface area contributed by atoms with Gasteiger partial charge in [0.2, 0.25) is 11.6 Å². The fourth-order valence-electron chi connectivity index (χ4n) is 15.5. The summed E-state index contributed by atoms with van der Waals surface area (Å²) in [7, 11) is 0. The number of hydrogen-bond donors (Lipinski definition) is 0. The lowest BCUT2D eigenvalue weighted by atomic mass is 9.80. The standard InChI is InChI=1S/C22H24N4O.C15H24FN3O.C15H26FN3.C14H23F2N3.C14H25N3/c1-14(2)22(27)25-13-16-9-5-6-10-17(16)21-20(23-24-26(21)15(3)4)18-11-7-8-12-19(18)25;1-10(2)14(20)15(16)9-7-5-6-8-12-13(15)17-18-19(12)11(3)4;1-10(2)12-6-7-13-14(15(5,16)9-8-12)17-18-19(13)11(3)4;1-9(2)11-7-5-6-8-12-13(14(11,15)16)17-18-19(12)10(3)4;1-10(2)12-8-6-5-7-9-13-14(12)15-16-17(13)11(3)4/h5-12,14-15H,13H2,1-4H3;10-11H,5-9H2,1-4H3;10-12H,6-9H2,1-5H3;9-11H,5-8H2,1-4H3;10-12H,5-9H2,1-4H3. The van der Waals surface area contributed by atoms with E-state index in [9.17, 15) is 22.8 Å². The fraction of sp³-hybridized carbons (Fsp3) is 0.700. The maximum atomic E-state index is 15.5. The van der Waals surface area contributed by atoms with Crippen molar-refractivity contribution in [1.29, 1.82) is 0 Å². The Labute approximate surface area is 606 Å². The van der Waals surface area contributed by atoms with Crippen molar-refractivity contribution in [1.82, 2.24) is 75.0 Å². The minimum atomic E-state index is -2.86. The predicted octanol–water partition coefficient (Wildman–Crippen LogP) is 19.8. The van der Waals surface area contributed by atoms with Crippen molar-refractivity contribution in [3.05, 3.63) is 99.6 Å². The number of benzene rings is 2. The highest BCUT2D eigenvalue weighted by molar-refractivity contribution is 6.01. The largest absolute Gasteiger partial charge is 0.307 e. The number of amides is 1. The molecule has 4 aliphatic carbocycles. The van der Waals surface area contributed by atoms with Gasteiger partial charge < -0.3 is 4.90 Å². The summed E-state index contributed by atoms with van der Waals surface area (Å²) in [4.78, 5) is 27.3. The van der Waals surface area contributed by atoms with Crippen LogP contribution in [0.25, 0.3) is 22.5 Å². The van der Waals surface area contributed by atoms with E-state index in [1.165, 1.54) is 37.1 Å². The van der Waals surface area contributed by atoms with Gasteiger partial charge in [-0.3, -0.25) is 9.59 Å². The van der Waals surface area contributed by atoms with Crippen LogP contribution in [0.5, 0.6) is 0 Å². The summed E-state index contributed by atoms with van der Waals surface area (Å²) in [5.41, 5.74) is 8.45. The Morgan fingerprint density at radius 2 is 0.941 bits per heavy atom. The molecule has 5 atom stereocenters. The molecule has 5 aliphatic rings. The number of aromatic nitrogens is 15. The van der Waals surface area contributed by atoms with E-state index in [4.69, 9.17) is 0 Å². The average molecular weight is 1420 g/mol. The lowest BCUT2D eigenvalue weighted by molar-refractivity contribution is -0.135. The number of alkyl halides is 4. The lowest BCUT2D eigenvalue weighted by Gasteiger charge is -2.31. The Hall–Kier alpha value is -7.00. The van der Waals surface area contributed by atoms with Crippen LogP contribution in [0.3, 0.4) is 0 Å². The number of carbonyl (C=O) groups is 2. The SMILES string of the molecule is CC(C)C(=O)C1(F)CCCCCc2c1nnn2C(C)C.CC(C)C(=O)N1Cc2ccccc2-c2c(nnn2C(C)C)-c2ccccc21.CC(C)C1CCCCCc2c1nnn2C(C)C.CC(C)C1CCCCc2c(nnn2C(C)C)C1(F)F.CC(C)C1CCc2c(nnn2C(C)C)C(C)(F)CC1. The zero-order valence-corrected chi connectivity index (χ0v) is 65.5. The second-order valence-electron chi connectivity index (χ2n) is 32.6. The number of para-hydroxylation sites is 1. The van der Waals surface area contributed by atoms with Gasteiger partial charge in [-0.15, -0.1) is 25.5 Å². The summed E-state index contributed by atoms with van der Waals surface area (Å²) in [6, 6.07) is 17.3. The van der Waals surface area contributed by atoms with Crippen LogP contribution in [-0.2, 0) is 59.1 Å². The molecule has 6 heterocycles. The molecule has 0 radical (unpaired) electrons. The van der Waals surface area contributed by atoms with Gasteiger partial charge in [-0.05, 0) is 201 Å². The summed E-state index contributed by atoms with van der Waals surface area (Å²) in [6.45, 7) is 43.0. The molecular formula is C80H122F4N16O2. The van der Waals surface area contributed by atoms with E-state index in [0.29, 0.717) is 66.9 Å². The van der Waals surface area contributed by atoms with Crippen LogP contribution in [0.4, 0.5) is 23.2 Å². The van der Waals surface area contributed by atoms with E-state index >= 15 is 4.39 Å². The highest BCUT2D eigenvalue weighted by Crippen LogP contribution is 2.47. The van der Waals surface area contributed by atoms with Crippen molar-refractivity contribution >= 4 is 17.4 Å². The molecule has 1 aliphatic heterocycles. The molecule has 12 rings (SSSR count). The van der Waals surface area contributed by atoms with Crippen molar-refractivity contribution in [3.63, 3.8) is 0 Å². The molecule has 5 aromatic heterocycles. The number of Topliss-reactive ketones (excluding diaryl/α,β-unsaturated/α-hetero) is 1. The minimum Gasteiger partial charge on any atom is -0.307 e. The van der Waals surface area contributed by atoms with E-state index < -0.39 is 23.2 Å². The molecule has 0 spiro atoms. The molecule has 5 unspecified atom stereocenters. The smallest absolute Gasteiger partial charge is 0.296 e. The second kappa shape index (κ2) is 34.7. The second-order valence-corrected chi connectivity index (χ2v) is 32.6. The molecule has 18 nitrogen and oxygen atoms in total. The van der Waals surface area contributed by atoms with E-state index in [0.717, 1.165) is 109 Å². The molecule has 562 valence electrons. The topological polar surface area (TPSA) is 191 Å². The first-order chi connectivity index (χ1) is 48.2. The van der Waals surface area contributed by atoms with Gasteiger partial charge in [-0.2, -0.15) is 8.78 Å². The van der Waals surface area contributed by atoms with Gasteiger partial charge in [-0.1, -0.05) is 163 Å². The molecule has 0 saturated carbocycles. The number of anilines is 1. The summed E-state index contributed by atoms with van der Waals surface area (Å²) < 4.78 is 69.2. The zero-order valence-electron chi connectivity index (χ0n) is 65.5. The van der Waals surface area contributed by atoms with Crippen molar-refractivity contribution in [3.8, 4) is 22.5 Å². The molecule has 1 amide bonds. The Morgan fingerprint density at radius 1 is 0.451 bits per heavy atom. The van der Waals surface area contributed by atoms with Crippen LogP contribution in [-0.4, -0.2) is 86.7 Å². The number of ketones is 1. The van der Waals surface area contributed by atoms with Crippen LogP contribution >= 0.6 is 0 Å². The highest BCUT2D eigenvalue weighted by Gasteiger charge is 2.49. The van der Waals surface area contributed by atoms with Gasteiger partial charge in [-0.25, -0.2) is 32.2 Å². The van der Waals surface area contributed by atoms with Gasteiger partial charge in [0.15, 0.2) is 17.1 Å². The zero-order chi connectivity index (χ0) is 74.9. The molecule has 0 N–H and O–H groups in total. The van der Waals surface area contributed by atoms with Crippen LogP contribution in [0.1, 0.15) is 323 Å². The highest BCUT2D eigenvalue weighted by atomic mass is 19.3. The Bertz CT molecular complexity index is 3850. The number of hydrogen-bond acceptors (Lipinski definition) is 12. The molecule has 0 fully saturated rings. The van der Waals surface area contributed by atoms with Gasteiger partial charge in [0.1, 0.15) is 17.1 Å². The van der Waals surface area contributed by atoms with Gasteiger partial charge in [0.25, 0.3) is 5.92 Å². The Kier molecular flexibility index (Phi) is 27.5. The third kappa shape index (κ3) is 18.0. The number of rotatable bonds is 11. The molecule has 22 heteroatoms. The van der Waals surface area contributed by atoms with Crippen LogP contribution in [0.2, 0.25) is 0 Å². The van der Waals surface area contributed by atoms with E-state index in [1.807, 2.05) is 106 Å². The molecular weight excluding hydrogens is 1290 g/mol. The normalized spacial score (nSPS) is 21.2. The van der Waals surface area contributed by atoms with Crippen LogP contribution < -0.4 is 4.90 Å². The van der Waals surface area contributed by atoms with Gasteiger partial charge in [0.05, 0.1) is 46.4 Å². The molecule has 102 heavy (non-hydrogen) atoms. The third-order valence-corrected chi connectivity index (χ3v) is 21.4. The van der Waals surface area contributed by atoms with E-state index in [1.54, 1.807) is 30.1 Å². The first kappa shape index (κ1) is 80.7. The maximum Gasteiger partial charge on any atom is 0.296 e. The molecule has 2 aromatic carbocycles. The first-order valence-corrected chi connectivity index (χ1v) is 38.7. The molecule has 7 aromatic rings. The van der Waals surface area contributed by atoms with Gasteiger partial charge >= 0.3 is 0 Å². The van der Waals surface area contributed by atoms with Crippen molar-refractivity contribution in [2.24, 2.45) is 41.4 Å². The summed E-state index contributed by atoms with van der Waals surface area (Å²) in [5, 5.41) is 42.1. The summed E-state index contributed by atoms with van der Waals surface area (Å²) in [6.07, 6.45) is 16.6. The number of carbonyl (C=O) groups excluding carboxylic acids is 2. The number of fused-ring (bicyclic) bond motifs is 9. The lowest BCUT2D eigenvalue weighted by Crippen LogP contribution is -2.36. The van der Waals surface area contributed by atoms with Crippen molar-refractivity contribution in [2.75, 3.05) is 4.90 Å². The monoisotopic (exact) mass is 1410 g/mol. The average Bonchev–Trinajstić information content (AvgIpc) is 1.50. The molecule has 0 saturated heterocycles. The van der Waals surface area contributed by atoms with Crippen molar-refractivity contribution < 1.29 is 27.2 Å². The van der Waals surface area contributed by atoms with Crippen LogP contribution in [0.15, 0.2) is 48.5 Å². The first-order valence-electron chi connectivity index (χ1n) is 38.7. The van der Waals surface area contributed by atoms with Crippen LogP contribution in [0, 0.1) is 41.4 Å². The minimum absolute atomic E-state index is 0.0508. The predicted molar refractivity (Wildman–Crippen MR) is 398 cm³/mol. The van der Waals surface area contributed by atoms with Gasteiger partial charge in [0, 0.05) is 65.0 Å². The quantitative estimate of drug-likeness (QED) is 0.112. The maximum absolute atomic E-state index is 15.5. The van der Waals surface area contributed by atoms with Crippen molar-refractivity contribution in [2.45, 2.75) is 321 Å². The van der Waals surface area contributed by atoms with E-state index in [-0.39, 0.29) is 71.4 Å².